The van der Waals surface area contributed by atoms with Crippen LogP contribution in [0.5, 0.6) is 0 Å². The van der Waals surface area contributed by atoms with Crippen molar-refractivity contribution in [3.05, 3.63) is 57.2 Å². The Morgan fingerprint density at radius 2 is 2.05 bits per heavy atom. The van der Waals surface area contributed by atoms with Crippen molar-refractivity contribution < 1.29 is 9.59 Å². The highest BCUT2D eigenvalue weighted by atomic mass is 35.5. The third-order valence-corrected chi connectivity index (χ3v) is 4.41. The van der Waals surface area contributed by atoms with E-state index in [0.29, 0.717) is 11.6 Å². The van der Waals surface area contributed by atoms with E-state index in [1.165, 1.54) is 0 Å². The Morgan fingerprint density at radius 1 is 1.27 bits per heavy atom. The molecule has 1 fully saturated rings. The number of hydrogen-bond acceptors (Lipinski definition) is 3. The van der Waals surface area contributed by atoms with Gasteiger partial charge in [-0.2, -0.15) is 11.3 Å². The number of thiophene rings is 1. The third-order valence-electron chi connectivity index (χ3n) is 3.46. The van der Waals surface area contributed by atoms with Gasteiger partial charge < -0.3 is 16.0 Å². The molecule has 2 atom stereocenters. The van der Waals surface area contributed by atoms with E-state index < -0.39 is 6.04 Å². The maximum atomic E-state index is 12.3. The lowest BCUT2D eigenvalue weighted by Crippen LogP contribution is -2.44. The van der Waals surface area contributed by atoms with Crippen LogP contribution in [0.15, 0.2) is 41.1 Å². The fourth-order valence-corrected chi connectivity index (χ4v) is 3.12. The predicted octanol–water partition coefficient (Wildman–Crippen LogP) is 2.29. The van der Waals surface area contributed by atoms with Gasteiger partial charge in [-0.15, -0.1) is 0 Å². The van der Waals surface area contributed by atoms with E-state index >= 15 is 0 Å². The van der Waals surface area contributed by atoms with Crippen LogP contribution in [0.25, 0.3) is 0 Å². The monoisotopic (exact) mass is 335 g/mol. The van der Waals surface area contributed by atoms with E-state index in [1.807, 2.05) is 29.0 Å². The highest BCUT2D eigenvalue weighted by Crippen LogP contribution is 2.25. The van der Waals surface area contributed by atoms with E-state index in [1.54, 1.807) is 23.5 Å². The summed E-state index contributed by atoms with van der Waals surface area (Å²) in [4.78, 5) is 23.5. The minimum atomic E-state index is -0.555. The molecule has 0 radical (unpaired) electrons. The van der Waals surface area contributed by atoms with Crippen LogP contribution in [0.2, 0.25) is 5.02 Å². The molecular formula is C15H14ClN3O2S. The summed E-state index contributed by atoms with van der Waals surface area (Å²) < 4.78 is 0. The topological polar surface area (TPSA) is 70.2 Å². The van der Waals surface area contributed by atoms with Crippen molar-refractivity contribution in [2.24, 2.45) is 0 Å². The first kappa shape index (κ1) is 14.9. The zero-order valence-corrected chi connectivity index (χ0v) is 13.1. The predicted molar refractivity (Wildman–Crippen MR) is 86.1 cm³/mol. The lowest BCUT2D eigenvalue weighted by molar-refractivity contribution is -0.122. The van der Waals surface area contributed by atoms with Crippen molar-refractivity contribution in [3.63, 3.8) is 0 Å². The van der Waals surface area contributed by atoms with Crippen LogP contribution in [0, 0.1) is 0 Å². The molecular weight excluding hydrogens is 322 g/mol. The number of amides is 3. The second kappa shape index (κ2) is 6.37. The van der Waals surface area contributed by atoms with Gasteiger partial charge >= 0.3 is 6.03 Å². The van der Waals surface area contributed by atoms with Gasteiger partial charge in [-0.25, -0.2) is 4.79 Å². The zero-order chi connectivity index (χ0) is 15.5. The smallest absolute Gasteiger partial charge is 0.315 e. The molecule has 114 valence electrons. The van der Waals surface area contributed by atoms with Gasteiger partial charge in [-0.05, 0) is 40.1 Å². The quantitative estimate of drug-likeness (QED) is 0.802. The SMILES string of the molecule is O=C1NC[C@H](C(=O)N[C@@H](c2ccc(Cl)cc2)c2ccsc2)N1. The summed E-state index contributed by atoms with van der Waals surface area (Å²) in [6.45, 7) is 0.293. The van der Waals surface area contributed by atoms with Crippen molar-refractivity contribution in [3.8, 4) is 0 Å². The summed E-state index contributed by atoms with van der Waals surface area (Å²) >= 11 is 7.49. The minimum absolute atomic E-state index is 0.218. The van der Waals surface area contributed by atoms with Crippen LogP contribution >= 0.6 is 22.9 Å². The molecule has 1 aromatic heterocycles. The van der Waals surface area contributed by atoms with Crippen LogP contribution < -0.4 is 16.0 Å². The van der Waals surface area contributed by atoms with Gasteiger partial charge in [-0.1, -0.05) is 23.7 Å². The van der Waals surface area contributed by atoms with Crippen LogP contribution in [0.3, 0.4) is 0 Å². The van der Waals surface area contributed by atoms with Gasteiger partial charge in [0.2, 0.25) is 5.91 Å². The molecule has 3 amide bonds. The van der Waals surface area contributed by atoms with Gasteiger partial charge in [0.15, 0.2) is 0 Å². The molecule has 0 saturated carbocycles. The summed E-state index contributed by atoms with van der Waals surface area (Å²) in [7, 11) is 0. The molecule has 0 unspecified atom stereocenters. The molecule has 1 aromatic carbocycles. The molecule has 2 aromatic rings. The van der Waals surface area contributed by atoms with Gasteiger partial charge in [0, 0.05) is 11.6 Å². The van der Waals surface area contributed by atoms with E-state index in [0.717, 1.165) is 11.1 Å². The number of urea groups is 1. The third kappa shape index (κ3) is 3.23. The van der Waals surface area contributed by atoms with Crippen LogP contribution in [0.1, 0.15) is 17.2 Å². The summed E-state index contributed by atoms with van der Waals surface area (Å²) in [6.07, 6.45) is 0. The van der Waals surface area contributed by atoms with E-state index in [9.17, 15) is 9.59 Å². The molecule has 1 saturated heterocycles. The maximum Gasteiger partial charge on any atom is 0.315 e. The molecule has 0 spiro atoms. The number of benzene rings is 1. The molecule has 1 aliphatic heterocycles. The largest absolute Gasteiger partial charge is 0.343 e. The first-order chi connectivity index (χ1) is 10.6. The van der Waals surface area contributed by atoms with Crippen LogP contribution in [-0.4, -0.2) is 24.5 Å². The summed E-state index contributed by atoms with van der Waals surface area (Å²) in [6, 6.07) is 8.18. The Morgan fingerprint density at radius 3 is 2.64 bits per heavy atom. The summed E-state index contributed by atoms with van der Waals surface area (Å²) in [5.74, 6) is -0.218. The molecule has 7 heteroatoms. The number of rotatable bonds is 4. The van der Waals surface area contributed by atoms with Crippen molar-refractivity contribution >= 4 is 34.9 Å². The average molecular weight is 336 g/mol. The highest BCUT2D eigenvalue weighted by Gasteiger charge is 2.29. The van der Waals surface area contributed by atoms with Crippen molar-refractivity contribution in [1.82, 2.24) is 16.0 Å². The van der Waals surface area contributed by atoms with Crippen LogP contribution in [0.4, 0.5) is 4.79 Å². The second-order valence-corrected chi connectivity index (χ2v) is 6.17. The van der Waals surface area contributed by atoms with Gasteiger partial charge in [0.05, 0.1) is 6.04 Å². The van der Waals surface area contributed by atoms with Crippen molar-refractivity contribution in [2.45, 2.75) is 12.1 Å². The Bertz CT molecular complexity index is 673. The first-order valence-electron chi connectivity index (χ1n) is 6.76. The molecule has 2 heterocycles. The highest BCUT2D eigenvalue weighted by molar-refractivity contribution is 7.08. The maximum absolute atomic E-state index is 12.3. The minimum Gasteiger partial charge on any atom is -0.343 e. The van der Waals surface area contributed by atoms with E-state index in [-0.39, 0.29) is 18.0 Å². The number of hydrogen-bond donors (Lipinski definition) is 3. The van der Waals surface area contributed by atoms with E-state index in [4.69, 9.17) is 11.6 Å². The first-order valence-corrected chi connectivity index (χ1v) is 8.08. The Balaban J connectivity index is 1.81. The number of nitrogens with one attached hydrogen (secondary N) is 3. The summed E-state index contributed by atoms with van der Waals surface area (Å²) in [5, 5.41) is 12.7. The lowest BCUT2D eigenvalue weighted by atomic mass is 10.0. The van der Waals surface area contributed by atoms with Gasteiger partial charge in [0.1, 0.15) is 6.04 Å². The molecule has 3 N–H and O–H groups in total. The van der Waals surface area contributed by atoms with Crippen molar-refractivity contribution in [1.29, 1.82) is 0 Å². The fraction of sp³-hybridized carbons (Fsp3) is 0.200. The fourth-order valence-electron chi connectivity index (χ4n) is 2.31. The standard InChI is InChI=1S/C15H14ClN3O2S/c16-11-3-1-9(2-4-11)13(10-5-6-22-8-10)19-14(20)12-7-17-15(21)18-12/h1-6,8,12-13H,7H2,(H,19,20)(H2,17,18,21)/t12-,13+/m1/s1. The van der Waals surface area contributed by atoms with Gasteiger partial charge in [0.25, 0.3) is 0 Å². The number of carbonyl (C=O) groups is 2. The lowest BCUT2D eigenvalue weighted by Gasteiger charge is -2.20. The number of halogens is 1. The zero-order valence-electron chi connectivity index (χ0n) is 11.5. The second-order valence-electron chi connectivity index (χ2n) is 4.96. The Hall–Kier alpha value is -2.05. The molecule has 0 bridgehead atoms. The molecule has 1 aliphatic rings. The van der Waals surface area contributed by atoms with Crippen LogP contribution in [-0.2, 0) is 4.79 Å². The molecule has 0 aliphatic carbocycles. The average Bonchev–Trinajstić information content (AvgIpc) is 3.17. The number of carbonyl (C=O) groups excluding carboxylic acids is 2. The van der Waals surface area contributed by atoms with Gasteiger partial charge in [-0.3, -0.25) is 4.79 Å². The Kier molecular flexibility index (Phi) is 4.31. The molecule has 22 heavy (non-hydrogen) atoms. The van der Waals surface area contributed by atoms with E-state index in [2.05, 4.69) is 16.0 Å². The normalized spacial score (nSPS) is 18.4. The Labute approximate surface area is 136 Å². The summed E-state index contributed by atoms with van der Waals surface area (Å²) in [5.41, 5.74) is 1.94. The molecule has 5 nitrogen and oxygen atoms in total. The molecule has 3 rings (SSSR count). The van der Waals surface area contributed by atoms with Crippen molar-refractivity contribution in [2.75, 3.05) is 6.54 Å².